The molecule has 0 bridgehead atoms. The van der Waals surface area contributed by atoms with E-state index in [1.54, 1.807) is 24.3 Å². The summed E-state index contributed by atoms with van der Waals surface area (Å²) in [5.41, 5.74) is 0.677. The average Bonchev–Trinajstić information content (AvgIpc) is 3.23. The summed E-state index contributed by atoms with van der Waals surface area (Å²) in [7, 11) is 1.31. The molecule has 0 saturated carbocycles. The summed E-state index contributed by atoms with van der Waals surface area (Å²) in [5, 5.41) is 0. The van der Waals surface area contributed by atoms with Crippen molar-refractivity contribution in [2.45, 2.75) is 18.9 Å². The van der Waals surface area contributed by atoms with Gasteiger partial charge in [-0.25, -0.2) is 9.18 Å². The van der Waals surface area contributed by atoms with Gasteiger partial charge in [0, 0.05) is 12.1 Å². The molecule has 23 heavy (non-hydrogen) atoms. The molecule has 1 atom stereocenters. The van der Waals surface area contributed by atoms with Crippen molar-refractivity contribution >= 4 is 11.9 Å². The number of hydrogen-bond acceptors (Lipinski definition) is 4. The number of hydrogen-bond donors (Lipinski definition) is 0. The van der Waals surface area contributed by atoms with Crippen LogP contribution in [-0.4, -0.2) is 36.5 Å². The molecule has 2 heterocycles. The van der Waals surface area contributed by atoms with Gasteiger partial charge in [0.1, 0.15) is 17.6 Å². The molecule has 6 heteroatoms. The fraction of sp³-hybridized carbons (Fsp3) is 0.294. The van der Waals surface area contributed by atoms with Crippen LogP contribution in [0.3, 0.4) is 0 Å². The van der Waals surface area contributed by atoms with Crippen molar-refractivity contribution in [2.24, 2.45) is 0 Å². The number of likely N-dealkylation sites (tertiary alicyclic amines) is 1. The van der Waals surface area contributed by atoms with Gasteiger partial charge in [-0.1, -0.05) is 0 Å². The van der Waals surface area contributed by atoms with E-state index in [0.29, 0.717) is 24.3 Å². The van der Waals surface area contributed by atoms with E-state index in [2.05, 4.69) is 0 Å². The van der Waals surface area contributed by atoms with Crippen LogP contribution in [0.4, 0.5) is 4.39 Å². The van der Waals surface area contributed by atoms with Crippen LogP contribution >= 0.6 is 0 Å². The Morgan fingerprint density at radius 2 is 1.96 bits per heavy atom. The monoisotopic (exact) mass is 317 g/mol. The van der Waals surface area contributed by atoms with Crippen molar-refractivity contribution < 1.29 is 23.1 Å². The van der Waals surface area contributed by atoms with E-state index in [4.69, 9.17) is 9.15 Å². The molecular formula is C17H16FNO4. The predicted molar refractivity (Wildman–Crippen MR) is 80.2 cm³/mol. The Labute approximate surface area is 132 Å². The molecule has 1 fully saturated rings. The first-order chi connectivity index (χ1) is 11.1. The molecule has 0 radical (unpaired) electrons. The summed E-state index contributed by atoms with van der Waals surface area (Å²) < 4.78 is 23.3. The Morgan fingerprint density at radius 1 is 1.22 bits per heavy atom. The maximum atomic E-state index is 13.0. The van der Waals surface area contributed by atoms with Crippen LogP contribution in [-0.2, 0) is 9.53 Å². The molecular weight excluding hydrogens is 301 g/mol. The molecule has 1 saturated heterocycles. The predicted octanol–water partition coefficient (Wildman–Crippen LogP) is 2.86. The highest BCUT2D eigenvalue weighted by atomic mass is 19.1. The Hall–Kier alpha value is -2.63. The second kappa shape index (κ2) is 6.24. The highest BCUT2D eigenvalue weighted by Gasteiger charge is 2.36. The van der Waals surface area contributed by atoms with Crippen LogP contribution in [0.2, 0.25) is 0 Å². The minimum absolute atomic E-state index is 0.153. The van der Waals surface area contributed by atoms with Crippen LogP contribution in [0.25, 0.3) is 11.3 Å². The van der Waals surface area contributed by atoms with Gasteiger partial charge < -0.3 is 14.1 Å². The minimum Gasteiger partial charge on any atom is -0.467 e. The number of carbonyl (C=O) groups is 2. The van der Waals surface area contributed by atoms with E-state index in [-0.39, 0.29) is 17.5 Å². The zero-order valence-corrected chi connectivity index (χ0v) is 12.6. The first kappa shape index (κ1) is 15.3. The first-order valence-corrected chi connectivity index (χ1v) is 7.34. The number of carbonyl (C=O) groups excluding carboxylic acids is 2. The molecule has 3 rings (SSSR count). The highest BCUT2D eigenvalue weighted by Crippen LogP contribution is 2.26. The number of benzene rings is 1. The van der Waals surface area contributed by atoms with Gasteiger partial charge in [0.05, 0.1) is 7.11 Å². The van der Waals surface area contributed by atoms with Gasteiger partial charge in [-0.05, 0) is 49.2 Å². The fourth-order valence-electron chi connectivity index (χ4n) is 2.75. The van der Waals surface area contributed by atoms with Gasteiger partial charge in [0.2, 0.25) is 0 Å². The summed E-state index contributed by atoms with van der Waals surface area (Å²) in [6, 6.07) is 8.47. The number of methoxy groups -OCH3 is 1. The topological polar surface area (TPSA) is 59.8 Å². The molecule has 0 spiro atoms. The lowest BCUT2D eigenvalue weighted by Crippen LogP contribution is -2.40. The molecule has 1 unspecified atom stereocenters. The van der Waals surface area contributed by atoms with Crippen molar-refractivity contribution in [1.29, 1.82) is 0 Å². The van der Waals surface area contributed by atoms with Gasteiger partial charge in [-0.2, -0.15) is 0 Å². The van der Waals surface area contributed by atoms with Crippen LogP contribution in [0.1, 0.15) is 23.4 Å². The Balaban J connectivity index is 1.81. The molecule has 5 nitrogen and oxygen atoms in total. The molecule has 1 aliphatic heterocycles. The number of amides is 1. The molecule has 0 N–H and O–H groups in total. The largest absolute Gasteiger partial charge is 0.467 e. The number of halogens is 1. The van der Waals surface area contributed by atoms with Crippen LogP contribution < -0.4 is 0 Å². The number of esters is 1. The summed E-state index contributed by atoms with van der Waals surface area (Å²) >= 11 is 0. The van der Waals surface area contributed by atoms with Crippen LogP contribution in [0.5, 0.6) is 0 Å². The molecule has 120 valence electrons. The minimum atomic E-state index is -0.563. The molecule has 2 aromatic rings. The Morgan fingerprint density at radius 3 is 2.65 bits per heavy atom. The summed E-state index contributed by atoms with van der Waals surface area (Å²) in [6.07, 6.45) is 1.33. The van der Waals surface area contributed by atoms with Crippen molar-refractivity contribution in [2.75, 3.05) is 13.7 Å². The van der Waals surface area contributed by atoms with Crippen LogP contribution in [0.15, 0.2) is 40.8 Å². The lowest BCUT2D eigenvalue weighted by atomic mass is 10.2. The summed E-state index contributed by atoms with van der Waals surface area (Å²) in [4.78, 5) is 25.7. The second-order valence-corrected chi connectivity index (χ2v) is 5.35. The quantitative estimate of drug-likeness (QED) is 0.817. The zero-order valence-electron chi connectivity index (χ0n) is 12.6. The normalized spacial score (nSPS) is 17.3. The third-order valence-electron chi connectivity index (χ3n) is 3.93. The number of nitrogens with zero attached hydrogens (tertiary/aromatic N) is 1. The lowest BCUT2D eigenvalue weighted by molar-refractivity contribution is -0.145. The Kier molecular flexibility index (Phi) is 4.14. The SMILES string of the molecule is COC(=O)C1CCCN1C(=O)c1ccc(-c2ccc(F)cc2)o1. The van der Waals surface area contributed by atoms with E-state index in [1.165, 1.54) is 24.1 Å². The van der Waals surface area contributed by atoms with Crippen molar-refractivity contribution in [1.82, 2.24) is 4.90 Å². The number of ether oxygens (including phenoxy) is 1. The number of furan rings is 1. The van der Waals surface area contributed by atoms with E-state index >= 15 is 0 Å². The highest BCUT2D eigenvalue weighted by molar-refractivity contribution is 5.95. The maximum absolute atomic E-state index is 13.0. The van der Waals surface area contributed by atoms with E-state index in [0.717, 1.165) is 6.42 Å². The maximum Gasteiger partial charge on any atom is 0.328 e. The second-order valence-electron chi connectivity index (χ2n) is 5.35. The van der Waals surface area contributed by atoms with E-state index in [9.17, 15) is 14.0 Å². The fourth-order valence-corrected chi connectivity index (χ4v) is 2.75. The molecule has 1 amide bonds. The summed E-state index contributed by atoms with van der Waals surface area (Å²) in [6.45, 7) is 0.491. The lowest BCUT2D eigenvalue weighted by Gasteiger charge is -2.21. The van der Waals surface area contributed by atoms with Gasteiger partial charge >= 0.3 is 5.97 Å². The Bertz CT molecular complexity index is 722. The number of rotatable bonds is 3. The first-order valence-electron chi connectivity index (χ1n) is 7.34. The molecule has 1 aliphatic rings. The van der Waals surface area contributed by atoms with E-state index in [1.807, 2.05) is 0 Å². The van der Waals surface area contributed by atoms with E-state index < -0.39 is 12.0 Å². The molecule has 1 aromatic carbocycles. The zero-order chi connectivity index (χ0) is 16.4. The average molecular weight is 317 g/mol. The van der Waals surface area contributed by atoms with Gasteiger partial charge in [0.25, 0.3) is 5.91 Å². The smallest absolute Gasteiger partial charge is 0.328 e. The van der Waals surface area contributed by atoms with Gasteiger partial charge in [-0.15, -0.1) is 0 Å². The van der Waals surface area contributed by atoms with Crippen molar-refractivity contribution in [3.63, 3.8) is 0 Å². The molecule has 1 aromatic heterocycles. The third-order valence-corrected chi connectivity index (χ3v) is 3.93. The van der Waals surface area contributed by atoms with Gasteiger partial charge in [-0.3, -0.25) is 4.79 Å². The van der Waals surface area contributed by atoms with Crippen LogP contribution in [0, 0.1) is 5.82 Å². The van der Waals surface area contributed by atoms with Gasteiger partial charge in [0.15, 0.2) is 5.76 Å². The van der Waals surface area contributed by atoms with Crippen molar-refractivity contribution in [3.05, 3.63) is 48.0 Å². The molecule has 0 aliphatic carbocycles. The summed E-state index contributed by atoms with van der Waals surface area (Å²) in [5.74, 6) is -0.468. The third kappa shape index (κ3) is 2.97. The standard InChI is InChI=1S/C17H16FNO4/c1-22-17(21)13-3-2-10-19(13)16(20)15-9-8-14(23-15)11-4-6-12(18)7-5-11/h4-9,13H,2-3,10H2,1H3. The van der Waals surface area contributed by atoms with Crippen molar-refractivity contribution in [3.8, 4) is 11.3 Å².